The molecule has 0 spiro atoms. The first-order valence-corrected chi connectivity index (χ1v) is 10.2. The lowest BCUT2D eigenvalue weighted by Gasteiger charge is -2.31. The fourth-order valence-corrected chi connectivity index (χ4v) is 4.02. The number of rotatable bonds is 4. The van der Waals surface area contributed by atoms with Gasteiger partial charge in [0.25, 0.3) is 5.91 Å². The molecule has 0 aromatic heterocycles. The Morgan fingerprint density at radius 1 is 0.931 bits per heavy atom. The number of nitrogens with one attached hydrogen (secondary N) is 1. The second-order valence-corrected chi connectivity index (χ2v) is 7.62. The van der Waals surface area contributed by atoms with Gasteiger partial charge in [-0.15, -0.1) is 0 Å². The third-order valence-electron chi connectivity index (χ3n) is 5.67. The summed E-state index contributed by atoms with van der Waals surface area (Å²) in [6, 6.07) is 16.7. The van der Waals surface area contributed by atoms with E-state index in [9.17, 15) is 14.4 Å². The molecule has 2 aromatic carbocycles. The van der Waals surface area contributed by atoms with Crippen molar-refractivity contribution in [3.05, 3.63) is 60.2 Å². The van der Waals surface area contributed by atoms with E-state index < -0.39 is 0 Å². The lowest BCUT2D eigenvalue weighted by Crippen LogP contribution is -2.41. The Kier molecular flexibility index (Phi) is 5.60. The van der Waals surface area contributed by atoms with Gasteiger partial charge in [-0.3, -0.25) is 14.4 Å². The lowest BCUT2D eigenvalue weighted by atomic mass is 9.95. The van der Waals surface area contributed by atoms with Gasteiger partial charge in [-0.05, 0) is 49.6 Å². The van der Waals surface area contributed by atoms with Crippen molar-refractivity contribution < 1.29 is 14.4 Å². The van der Waals surface area contributed by atoms with E-state index in [1.54, 1.807) is 21.9 Å². The molecule has 2 aliphatic heterocycles. The first-order valence-electron chi connectivity index (χ1n) is 10.2. The van der Waals surface area contributed by atoms with Gasteiger partial charge in [0, 0.05) is 48.9 Å². The van der Waals surface area contributed by atoms with Crippen LogP contribution in [0.15, 0.2) is 54.6 Å². The van der Waals surface area contributed by atoms with Gasteiger partial charge in [-0.1, -0.05) is 24.3 Å². The second-order valence-electron chi connectivity index (χ2n) is 7.62. The highest BCUT2D eigenvalue weighted by Gasteiger charge is 2.28. The van der Waals surface area contributed by atoms with Crippen LogP contribution in [0.25, 0.3) is 0 Å². The van der Waals surface area contributed by atoms with E-state index in [4.69, 9.17) is 0 Å². The maximum absolute atomic E-state index is 12.9. The number of hydrogen-bond donors (Lipinski definition) is 1. The zero-order chi connectivity index (χ0) is 20.2. The summed E-state index contributed by atoms with van der Waals surface area (Å²) in [5, 5.41) is 2.95. The quantitative estimate of drug-likeness (QED) is 0.869. The Morgan fingerprint density at radius 2 is 1.69 bits per heavy atom. The molecule has 0 saturated carbocycles. The number of anilines is 2. The smallest absolute Gasteiger partial charge is 0.253 e. The summed E-state index contributed by atoms with van der Waals surface area (Å²) in [4.78, 5) is 41.0. The highest BCUT2D eigenvalue weighted by Crippen LogP contribution is 2.25. The van der Waals surface area contributed by atoms with Crippen LogP contribution in [0.3, 0.4) is 0 Å². The Bertz CT molecular complexity index is 905. The molecule has 2 heterocycles. The van der Waals surface area contributed by atoms with E-state index in [0.717, 1.165) is 17.8 Å². The topological polar surface area (TPSA) is 69.7 Å². The first-order chi connectivity index (χ1) is 14.1. The van der Waals surface area contributed by atoms with Gasteiger partial charge in [-0.25, -0.2) is 0 Å². The van der Waals surface area contributed by atoms with Crippen molar-refractivity contribution in [3.8, 4) is 0 Å². The molecule has 29 heavy (non-hydrogen) atoms. The van der Waals surface area contributed by atoms with Gasteiger partial charge in [0.15, 0.2) is 0 Å². The number of likely N-dealkylation sites (tertiary alicyclic amines) is 1. The van der Waals surface area contributed by atoms with Crippen LogP contribution in [-0.4, -0.2) is 42.3 Å². The third-order valence-corrected chi connectivity index (χ3v) is 5.67. The number of piperidine rings is 1. The summed E-state index contributed by atoms with van der Waals surface area (Å²) in [5.41, 5.74) is 2.18. The zero-order valence-corrected chi connectivity index (χ0v) is 16.3. The Balaban J connectivity index is 1.35. The number of para-hydroxylation sites is 1. The first kappa shape index (κ1) is 19.2. The van der Waals surface area contributed by atoms with Crippen molar-refractivity contribution in [1.29, 1.82) is 0 Å². The number of nitrogens with zero attached hydrogens (tertiary/aromatic N) is 2. The minimum absolute atomic E-state index is 0.0119. The highest BCUT2D eigenvalue weighted by atomic mass is 16.2. The number of carbonyl (C=O) groups is 3. The van der Waals surface area contributed by atoms with Crippen LogP contribution >= 0.6 is 0 Å². The summed E-state index contributed by atoms with van der Waals surface area (Å²) in [7, 11) is 0. The van der Waals surface area contributed by atoms with Gasteiger partial charge in [0.1, 0.15) is 0 Å². The number of hydrogen-bond acceptors (Lipinski definition) is 3. The summed E-state index contributed by atoms with van der Waals surface area (Å²) in [6.45, 7) is 1.82. The molecule has 2 fully saturated rings. The number of carbonyl (C=O) groups excluding carboxylic acids is 3. The van der Waals surface area contributed by atoms with E-state index in [1.807, 2.05) is 42.5 Å². The average Bonchev–Trinajstić information content (AvgIpc) is 3.20. The standard InChI is InChI=1S/C23H25N3O3/c27-21-10-5-13-26(21)20-9-4-6-18(16-20)23(29)25-14-11-17(12-15-25)22(28)24-19-7-2-1-3-8-19/h1-4,6-9,16-17H,5,10-15H2,(H,24,28). The molecule has 6 nitrogen and oxygen atoms in total. The van der Waals surface area contributed by atoms with Crippen LogP contribution in [0.2, 0.25) is 0 Å². The fourth-order valence-electron chi connectivity index (χ4n) is 4.02. The predicted octanol–water partition coefficient (Wildman–Crippen LogP) is 3.30. The van der Waals surface area contributed by atoms with Gasteiger partial charge < -0.3 is 15.1 Å². The van der Waals surface area contributed by atoms with Crippen molar-refractivity contribution in [2.75, 3.05) is 29.9 Å². The van der Waals surface area contributed by atoms with E-state index >= 15 is 0 Å². The van der Waals surface area contributed by atoms with Crippen LogP contribution in [0.5, 0.6) is 0 Å². The number of amides is 3. The normalized spacial score (nSPS) is 17.4. The van der Waals surface area contributed by atoms with Crippen molar-refractivity contribution in [2.24, 2.45) is 5.92 Å². The monoisotopic (exact) mass is 391 g/mol. The number of benzene rings is 2. The molecular weight excluding hydrogens is 366 g/mol. The molecular formula is C23H25N3O3. The summed E-state index contributed by atoms with van der Waals surface area (Å²) in [6.07, 6.45) is 2.72. The molecule has 2 aliphatic rings. The van der Waals surface area contributed by atoms with Gasteiger partial charge in [0.2, 0.25) is 11.8 Å². The minimum atomic E-state index is -0.0900. The van der Waals surface area contributed by atoms with Crippen LogP contribution in [0.4, 0.5) is 11.4 Å². The Labute approximate surface area is 170 Å². The molecule has 2 saturated heterocycles. The Morgan fingerprint density at radius 3 is 2.38 bits per heavy atom. The van der Waals surface area contributed by atoms with E-state index in [-0.39, 0.29) is 23.6 Å². The maximum Gasteiger partial charge on any atom is 0.253 e. The molecule has 0 bridgehead atoms. The van der Waals surface area contributed by atoms with E-state index in [0.29, 0.717) is 44.5 Å². The van der Waals surface area contributed by atoms with Crippen molar-refractivity contribution in [2.45, 2.75) is 25.7 Å². The van der Waals surface area contributed by atoms with Crippen molar-refractivity contribution in [1.82, 2.24) is 4.90 Å². The van der Waals surface area contributed by atoms with Gasteiger partial charge in [-0.2, -0.15) is 0 Å². The summed E-state index contributed by atoms with van der Waals surface area (Å²) < 4.78 is 0. The SMILES string of the molecule is O=C(Nc1ccccc1)C1CCN(C(=O)c2cccc(N3CCCC3=O)c2)CC1. The molecule has 4 rings (SSSR count). The maximum atomic E-state index is 12.9. The van der Waals surface area contributed by atoms with Gasteiger partial charge in [0.05, 0.1) is 0 Å². The van der Waals surface area contributed by atoms with Gasteiger partial charge >= 0.3 is 0 Å². The summed E-state index contributed by atoms with van der Waals surface area (Å²) >= 11 is 0. The lowest BCUT2D eigenvalue weighted by molar-refractivity contribution is -0.121. The predicted molar refractivity (Wildman–Crippen MR) is 112 cm³/mol. The third kappa shape index (κ3) is 4.31. The van der Waals surface area contributed by atoms with Crippen molar-refractivity contribution in [3.63, 3.8) is 0 Å². The molecule has 150 valence electrons. The van der Waals surface area contributed by atoms with E-state index in [2.05, 4.69) is 5.32 Å². The molecule has 0 aliphatic carbocycles. The molecule has 0 atom stereocenters. The molecule has 0 unspecified atom stereocenters. The van der Waals surface area contributed by atoms with Crippen LogP contribution in [0.1, 0.15) is 36.0 Å². The zero-order valence-electron chi connectivity index (χ0n) is 16.3. The fraction of sp³-hybridized carbons (Fsp3) is 0.348. The molecule has 6 heteroatoms. The molecule has 3 amide bonds. The Hall–Kier alpha value is -3.15. The molecule has 1 N–H and O–H groups in total. The minimum Gasteiger partial charge on any atom is -0.339 e. The van der Waals surface area contributed by atoms with Crippen LogP contribution in [0, 0.1) is 5.92 Å². The average molecular weight is 391 g/mol. The van der Waals surface area contributed by atoms with Crippen molar-refractivity contribution >= 4 is 29.1 Å². The van der Waals surface area contributed by atoms with E-state index in [1.165, 1.54) is 0 Å². The van der Waals surface area contributed by atoms with Crippen LogP contribution in [-0.2, 0) is 9.59 Å². The molecule has 0 radical (unpaired) electrons. The highest BCUT2D eigenvalue weighted by molar-refractivity contribution is 5.99. The summed E-state index contributed by atoms with van der Waals surface area (Å²) in [5.74, 6) is -0.00842. The molecule has 2 aromatic rings. The van der Waals surface area contributed by atoms with Crippen LogP contribution < -0.4 is 10.2 Å². The second kappa shape index (κ2) is 8.47. The largest absolute Gasteiger partial charge is 0.339 e.